The molecule has 15 heavy (non-hydrogen) atoms. The molecule has 1 aromatic rings. The van der Waals surface area contributed by atoms with Gasteiger partial charge in [0.05, 0.1) is 5.69 Å². The molecule has 0 heterocycles. The lowest BCUT2D eigenvalue weighted by Gasteiger charge is -2.07. The van der Waals surface area contributed by atoms with Crippen molar-refractivity contribution in [1.29, 1.82) is 0 Å². The zero-order valence-electron chi connectivity index (χ0n) is 8.32. The van der Waals surface area contributed by atoms with Crippen molar-refractivity contribution in [3.05, 3.63) is 36.5 Å². The molecule has 0 aromatic heterocycles. The molecular weight excluding hydrogens is 203 g/mol. The van der Waals surface area contributed by atoms with Crippen LogP contribution in [0.3, 0.4) is 0 Å². The molecule has 0 spiro atoms. The Morgan fingerprint density at radius 2 is 1.67 bits per heavy atom. The average Bonchev–Trinajstić information content (AvgIpc) is 2.20. The molecule has 0 fully saturated rings. The molecule has 1 aromatic carbocycles. The summed E-state index contributed by atoms with van der Waals surface area (Å²) in [7, 11) is 0. The number of nitrogens with one attached hydrogen (secondary N) is 1. The van der Waals surface area contributed by atoms with Gasteiger partial charge in [-0.25, -0.2) is 13.2 Å². The minimum atomic E-state index is -1.17. The molecular formula is C11H13F3N. The lowest BCUT2D eigenvalue weighted by Crippen LogP contribution is -2.04. The van der Waals surface area contributed by atoms with Crippen LogP contribution in [0.15, 0.2) is 12.1 Å². The molecule has 1 radical (unpaired) electrons. The smallest absolute Gasteiger partial charge is 0.161 e. The summed E-state index contributed by atoms with van der Waals surface area (Å²) in [5.74, 6) is -2.99. The Morgan fingerprint density at radius 3 is 2.33 bits per heavy atom. The summed E-state index contributed by atoms with van der Waals surface area (Å²) >= 11 is 0. The van der Waals surface area contributed by atoms with Gasteiger partial charge < -0.3 is 5.32 Å². The van der Waals surface area contributed by atoms with Gasteiger partial charge in [-0.1, -0.05) is 19.8 Å². The maximum Gasteiger partial charge on any atom is 0.161 e. The number of hydrogen-bond donors (Lipinski definition) is 1. The first kappa shape index (κ1) is 11.9. The number of rotatable bonds is 5. The number of benzene rings is 1. The van der Waals surface area contributed by atoms with E-state index in [2.05, 4.69) is 12.2 Å². The molecule has 4 heteroatoms. The molecule has 0 aliphatic carbocycles. The van der Waals surface area contributed by atoms with Crippen LogP contribution in [0, 0.1) is 24.4 Å². The molecule has 0 aliphatic heterocycles. The first-order valence-corrected chi connectivity index (χ1v) is 4.83. The van der Waals surface area contributed by atoms with E-state index in [1.165, 1.54) is 0 Å². The fourth-order valence-corrected chi connectivity index (χ4v) is 1.18. The molecule has 0 unspecified atom stereocenters. The molecule has 0 aliphatic rings. The van der Waals surface area contributed by atoms with E-state index in [0.717, 1.165) is 25.3 Å². The zero-order chi connectivity index (χ0) is 11.3. The Kier molecular flexibility index (Phi) is 4.46. The van der Waals surface area contributed by atoms with Gasteiger partial charge in [-0.05, 0) is 6.42 Å². The van der Waals surface area contributed by atoms with Gasteiger partial charge in [0, 0.05) is 18.7 Å². The van der Waals surface area contributed by atoms with Crippen molar-refractivity contribution in [1.82, 2.24) is 0 Å². The van der Waals surface area contributed by atoms with Crippen LogP contribution in [0.1, 0.15) is 19.3 Å². The third-order valence-electron chi connectivity index (χ3n) is 2.00. The largest absolute Gasteiger partial charge is 0.383 e. The fourth-order valence-electron chi connectivity index (χ4n) is 1.18. The Bertz CT molecular complexity index is 326. The number of hydrogen-bond acceptors (Lipinski definition) is 1. The van der Waals surface area contributed by atoms with Gasteiger partial charge in [-0.15, -0.1) is 0 Å². The van der Waals surface area contributed by atoms with Crippen molar-refractivity contribution in [3.8, 4) is 0 Å². The van der Waals surface area contributed by atoms with Crippen molar-refractivity contribution in [2.75, 3.05) is 11.9 Å². The van der Waals surface area contributed by atoms with Crippen LogP contribution in [0.5, 0.6) is 0 Å². The third kappa shape index (κ3) is 3.46. The van der Waals surface area contributed by atoms with Gasteiger partial charge >= 0.3 is 0 Å². The third-order valence-corrected chi connectivity index (χ3v) is 2.00. The maximum absolute atomic E-state index is 13.1. The fraction of sp³-hybridized carbons (Fsp3) is 0.364. The summed E-state index contributed by atoms with van der Waals surface area (Å²) in [5, 5.41) is 2.71. The number of halogens is 3. The van der Waals surface area contributed by atoms with Crippen LogP contribution in [0.4, 0.5) is 18.9 Å². The molecule has 0 bridgehead atoms. The topological polar surface area (TPSA) is 12.0 Å². The zero-order valence-corrected chi connectivity index (χ0v) is 8.32. The monoisotopic (exact) mass is 216 g/mol. The highest BCUT2D eigenvalue weighted by atomic mass is 19.2. The lowest BCUT2D eigenvalue weighted by atomic mass is 10.2. The van der Waals surface area contributed by atoms with Gasteiger partial charge in [0.2, 0.25) is 0 Å². The first-order valence-electron chi connectivity index (χ1n) is 4.83. The number of anilines is 1. The van der Waals surface area contributed by atoms with Crippen molar-refractivity contribution in [2.24, 2.45) is 0 Å². The van der Waals surface area contributed by atoms with Crippen LogP contribution >= 0.6 is 0 Å². The van der Waals surface area contributed by atoms with Crippen molar-refractivity contribution >= 4 is 5.69 Å². The van der Waals surface area contributed by atoms with E-state index in [9.17, 15) is 13.2 Å². The summed E-state index contributed by atoms with van der Waals surface area (Å²) in [6.07, 6.45) is 2.54. The Hall–Kier alpha value is -1.19. The van der Waals surface area contributed by atoms with E-state index in [1.807, 2.05) is 0 Å². The van der Waals surface area contributed by atoms with Gasteiger partial charge in [0.25, 0.3) is 0 Å². The Labute approximate surface area is 87.3 Å². The normalized spacial score (nSPS) is 10.4. The van der Waals surface area contributed by atoms with Crippen LogP contribution in [-0.2, 0) is 0 Å². The van der Waals surface area contributed by atoms with Crippen molar-refractivity contribution in [3.63, 3.8) is 0 Å². The predicted molar refractivity (Wildman–Crippen MR) is 54.0 cm³/mol. The van der Waals surface area contributed by atoms with Crippen LogP contribution in [0.25, 0.3) is 0 Å². The summed E-state index contributed by atoms with van der Waals surface area (Å²) in [5.41, 5.74) is -0.00189. The molecule has 0 amide bonds. The van der Waals surface area contributed by atoms with Crippen LogP contribution in [-0.4, -0.2) is 6.54 Å². The van der Waals surface area contributed by atoms with Gasteiger partial charge in [-0.2, -0.15) is 0 Å². The summed E-state index contributed by atoms with van der Waals surface area (Å²) in [6, 6.07) is 1.37. The predicted octanol–water partition coefficient (Wildman–Crippen LogP) is 3.52. The molecule has 1 N–H and O–H groups in total. The standard InChI is InChI=1S/C11H13F3N/c1-2-3-4-5-15-11-7-9(13)8(12)6-10(11)14/h6-7,15H,1-5H2. The van der Waals surface area contributed by atoms with Crippen molar-refractivity contribution < 1.29 is 13.2 Å². The van der Waals surface area contributed by atoms with Gasteiger partial charge in [0.15, 0.2) is 11.6 Å². The van der Waals surface area contributed by atoms with E-state index in [-0.39, 0.29) is 5.69 Å². The maximum atomic E-state index is 13.1. The highest BCUT2D eigenvalue weighted by Crippen LogP contribution is 2.18. The van der Waals surface area contributed by atoms with E-state index in [4.69, 9.17) is 0 Å². The van der Waals surface area contributed by atoms with Gasteiger partial charge in [-0.3, -0.25) is 0 Å². The summed E-state index contributed by atoms with van der Waals surface area (Å²) in [6.45, 7) is 4.19. The van der Waals surface area contributed by atoms with Crippen molar-refractivity contribution in [2.45, 2.75) is 19.3 Å². The lowest BCUT2D eigenvalue weighted by molar-refractivity contribution is 0.496. The molecule has 0 saturated carbocycles. The van der Waals surface area contributed by atoms with E-state index < -0.39 is 17.5 Å². The quantitative estimate of drug-likeness (QED) is 0.586. The minimum absolute atomic E-state index is 0.00189. The van der Waals surface area contributed by atoms with Crippen LogP contribution < -0.4 is 5.32 Å². The average molecular weight is 216 g/mol. The van der Waals surface area contributed by atoms with Crippen LogP contribution in [0.2, 0.25) is 0 Å². The second-order valence-corrected chi connectivity index (χ2v) is 3.23. The molecule has 0 atom stereocenters. The first-order chi connectivity index (χ1) is 7.15. The van der Waals surface area contributed by atoms with E-state index in [0.29, 0.717) is 12.6 Å². The second kappa shape index (κ2) is 5.63. The number of unbranched alkanes of at least 4 members (excludes halogenated alkanes) is 2. The SMILES string of the molecule is [CH2]CCCCNc1cc(F)c(F)cc1F. The molecule has 1 rings (SSSR count). The Balaban J connectivity index is 2.57. The summed E-state index contributed by atoms with van der Waals surface area (Å²) < 4.78 is 38.4. The molecule has 0 saturated heterocycles. The molecule has 1 nitrogen and oxygen atoms in total. The molecule has 83 valence electrons. The second-order valence-electron chi connectivity index (χ2n) is 3.23. The van der Waals surface area contributed by atoms with E-state index >= 15 is 0 Å². The minimum Gasteiger partial charge on any atom is -0.383 e. The highest BCUT2D eigenvalue weighted by Gasteiger charge is 2.08. The summed E-state index contributed by atoms with van der Waals surface area (Å²) in [4.78, 5) is 0. The Morgan fingerprint density at radius 1 is 1.00 bits per heavy atom. The highest BCUT2D eigenvalue weighted by molar-refractivity contribution is 5.45. The van der Waals surface area contributed by atoms with E-state index in [1.54, 1.807) is 0 Å². The van der Waals surface area contributed by atoms with Gasteiger partial charge in [0.1, 0.15) is 5.82 Å².